The summed E-state index contributed by atoms with van der Waals surface area (Å²) in [5.41, 5.74) is 1.25. The van der Waals surface area contributed by atoms with Crippen LogP contribution in [-0.2, 0) is 4.79 Å². The maximum Gasteiger partial charge on any atom is 0.230 e. The van der Waals surface area contributed by atoms with Gasteiger partial charge in [0.25, 0.3) is 0 Å². The molecule has 0 radical (unpaired) electrons. The molecule has 6 heavy (non-hydrogen) atoms. The van der Waals surface area contributed by atoms with Gasteiger partial charge in [0, 0.05) is 0 Å². The van der Waals surface area contributed by atoms with Gasteiger partial charge < -0.3 is 0 Å². The molecule has 0 rings (SSSR count). The second kappa shape index (κ2) is 36.4. The zero-order valence-corrected chi connectivity index (χ0v) is 3.09. The van der Waals surface area contributed by atoms with Gasteiger partial charge in [-0.25, -0.2) is 5.48 Å². The van der Waals surface area contributed by atoms with Crippen LogP contribution in [0.4, 0.5) is 0 Å². The summed E-state index contributed by atoms with van der Waals surface area (Å²) in [7, 11) is 0. The first-order chi connectivity index (χ1) is 2.91. The molecule has 0 aromatic heterocycles. The van der Waals surface area contributed by atoms with Crippen molar-refractivity contribution in [2.75, 3.05) is 0 Å². The van der Waals surface area contributed by atoms with Crippen LogP contribution < -0.4 is 5.48 Å². The van der Waals surface area contributed by atoms with Gasteiger partial charge in [-0.3, -0.25) is 10.0 Å². The fraction of sp³-hybridized carbons (Fsp3) is 0. The molecule has 0 atom stereocenters. The average molecular weight is 87.1 g/mol. The standard InChI is InChI=1S/C2H2.CH3NO2/c1-2;3-1-2-4/h1-2H;1,4H,(H,2,3). The van der Waals surface area contributed by atoms with Crippen LogP contribution in [0.3, 0.4) is 0 Å². The summed E-state index contributed by atoms with van der Waals surface area (Å²) in [6.07, 6.45) is 8.18. The lowest BCUT2D eigenvalue weighted by atomic mass is 11.4. The number of terminal acetylenes is 1. The molecule has 0 saturated carbocycles. The fourth-order valence-electron chi connectivity index (χ4n) is 0. The van der Waals surface area contributed by atoms with E-state index in [1.54, 1.807) is 0 Å². The van der Waals surface area contributed by atoms with Gasteiger partial charge in [0.1, 0.15) is 0 Å². The van der Waals surface area contributed by atoms with Crippen LogP contribution in [-0.4, -0.2) is 11.6 Å². The summed E-state index contributed by atoms with van der Waals surface area (Å²) in [5.74, 6) is 0. The van der Waals surface area contributed by atoms with Crippen LogP contribution in [0.15, 0.2) is 0 Å². The minimum Gasteiger partial charge on any atom is -0.289 e. The van der Waals surface area contributed by atoms with E-state index < -0.39 is 0 Å². The fourth-order valence-corrected chi connectivity index (χ4v) is 0. The van der Waals surface area contributed by atoms with Crippen molar-refractivity contribution in [3.8, 4) is 12.8 Å². The number of hydrogen-bond acceptors (Lipinski definition) is 2. The molecular formula is C3H5NO2. The van der Waals surface area contributed by atoms with Crippen molar-refractivity contribution in [2.24, 2.45) is 0 Å². The van der Waals surface area contributed by atoms with Crippen molar-refractivity contribution in [1.82, 2.24) is 5.48 Å². The van der Waals surface area contributed by atoms with Crippen molar-refractivity contribution < 1.29 is 10.0 Å². The van der Waals surface area contributed by atoms with Crippen LogP contribution in [0, 0.1) is 12.8 Å². The second-order valence-electron chi connectivity index (χ2n) is 0.247. The highest BCUT2D eigenvalue weighted by atomic mass is 16.5. The van der Waals surface area contributed by atoms with E-state index in [1.807, 2.05) is 0 Å². The highest BCUT2D eigenvalue weighted by Gasteiger charge is 1.44. The van der Waals surface area contributed by atoms with E-state index in [-0.39, 0.29) is 6.41 Å². The number of rotatable bonds is 1. The summed E-state index contributed by atoms with van der Waals surface area (Å²) in [5, 5.41) is 7.26. The predicted molar refractivity (Wildman–Crippen MR) is 20.9 cm³/mol. The molecule has 0 aliphatic carbocycles. The van der Waals surface area contributed by atoms with Crippen molar-refractivity contribution in [3.05, 3.63) is 0 Å². The van der Waals surface area contributed by atoms with Crippen molar-refractivity contribution in [3.63, 3.8) is 0 Å². The molecule has 0 saturated heterocycles. The van der Waals surface area contributed by atoms with Gasteiger partial charge in [0.15, 0.2) is 0 Å². The number of carbonyl (C=O) groups excluding carboxylic acids is 1. The van der Waals surface area contributed by atoms with E-state index in [4.69, 9.17) is 10.0 Å². The monoisotopic (exact) mass is 87.0 g/mol. The number of hydrogen-bond donors (Lipinski definition) is 2. The van der Waals surface area contributed by atoms with Crippen LogP contribution in [0.25, 0.3) is 0 Å². The number of carbonyl (C=O) groups is 1. The highest BCUT2D eigenvalue weighted by Crippen LogP contribution is 1.08. The molecule has 2 N–H and O–H groups in total. The molecule has 0 bridgehead atoms. The predicted octanol–water partition coefficient (Wildman–Crippen LogP) is -0.629. The van der Waals surface area contributed by atoms with E-state index in [2.05, 4.69) is 12.8 Å². The molecule has 34 valence electrons. The van der Waals surface area contributed by atoms with Gasteiger partial charge in [-0.2, -0.15) is 0 Å². The Hall–Kier alpha value is -1.01. The summed E-state index contributed by atoms with van der Waals surface area (Å²) < 4.78 is 0. The Bertz CT molecular complexity index is 41.3. The topological polar surface area (TPSA) is 49.3 Å². The summed E-state index contributed by atoms with van der Waals surface area (Å²) in [6, 6.07) is 0. The van der Waals surface area contributed by atoms with Crippen LogP contribution in [0.5, 0.6) is 0 Å². The summed E-state index contributed by atoms with van der Waals surface area (Å²) in [6.45, 7) is 0. The number of amides is 1. The molecule has 3 heteroatoms. The maximum atomic E-state index is 8.81. The van der Waals surface area contributed by atoms with Gasteiger partial charge in [0.2, 0.25) is 6.41 Å². The van der Waals surface area contributed by atoms with Crippen molar-refractivity contribution >= 4 is 6.41 Å². The number of hydroxylamine groups is 1. The highest BCUT2D eigenvalue weighted by molar-refractivity contribution is 5.43. The van der Waals surface area contributed by atoms with E-state index in [1.165, 1.54) is 5.48 Å². The van der Waals surface area contributed by atoms with Gasteiger partial charge >= 0.3 is 0 Å². The SMILES string of the molecule is C#C.O=CNO. The quantitative estimate of drug-likeness (QED) is 0.193. The van der Waals surface area contributed by atoms with Gasteiger partial charge in [-0.05, 0) is 0 Å². The lowest BCUT2D eigenvalue weighted by Crippen LogP contribution is -1.99. The smallest absolute Gasteiger partial charge is 0.230 e. The third-order valence-electron chi connectivity index (χ3n) is 0.0527. The molecule has 0 aliphatic rings. The normalized spacial score (nSPS) is 3.83. The molecule has 3 nitrogen and oxygen atoms in total. The molecular weight excluding hydrogens is 82.0 g/mol. The average Bonchev–Trinajstić information content (AvgIpc) is 1.72. The molecule has 1 amide bonds. The number of nitrogens with one attached hydrogen (secondary N) is 1. The Kier molecular flexibility index (Phi) is 53.9. The van der Waals surface area contributed by atoms with E-state index in [9.17, 15) is 0 Å². The summed E-state index contributed by atoms with van der Waals surface area (Å²) >= 11 is 0. The second-order valence-corrected chi connectivity index (χ2v) is 0.247. The molecule has 0 aromatic rings. The Balaban J connectivity index is 0. The van der Waals surface area contributed by atoms with Crippen molar-refractivity contribution in [1.29, 1.82) is 0 Å². The zero-order valence-electron chi connectivity index (χ0n) is 3.09. The minimum atomic E-state index is 0.181. The van der Waals surface area contributed by atoms with Gasteiger partial charge in [-0.15, -0.1) is 12.8 Å². The molecule has 0 aromatic carbocycles. The lowest BCUT2D eigenvalue weighted by molar-refractivity contribution is -0.116. The van der Waals surface area contributed by atoms with Crippen molar-refractivity contribution in [2.45, 2.75) is 0 Å². The molecule has 0 spiro atoms. The molecule has 0 fully saturated rings. The van der Waals surface area contributed by atoms with E-state index >= 15 is 0 Å². The minimum absolute atomic E-state index is 0.181. The molecule has 0 unspecified atom stereocenters. The van der Waals surface area contributed by atoms with Gasteiger partial charge in [0.05, 0.1) is 0 Å². The zero-order chi connectivity index (χ0) is 5.41. The largest absolute Gasteiger partial charge is 0.289 e. The first-order valence-corrected chi connectivity index (χ1v) is 1.08. The Morgan fingerprint density at radius 3 is 1.83 bits per heavy atom. The lowest BCUT2D eigenvalue weighted by Gasteiger charge is -1.64. The Labute approximate surface area is 35.9 Å². The van der Waals surface area contributed by atoms with E-state index in [0.717, 1.165) is 0 Å². The van der Waals surface area contributed by atoms with E-state index in [0.29, 0.717) is 0 Å². The third kappa shape index (κ3) is 118000. The molecule has 0 heterocycles. The van der Waals surface area contributed by atoms with Gasteiger partial charge in [-0.1, -0.05) is 0 Å². The first kappa shape index (κ1) is 8.89. The van der Waals surface area contributed by atoms with Crippen LogP contribution in [0.1, 0.15) is 0 Å². The maximum absolute atomic E-state index is 8.81. The van der Waals surface area contributed by atoms with Crippen LogP contribution in [0.2, 0.25) is 0 Å². The Morgan fingerprint density at radius 1 is 1.67 bits per heavy atom. The summed E-state index contributed by atoms with van der Waals surface area (Å²) in [4.78, 5) is 8.81. The first-order valence-electron chi connectivity index (χ1n) is 1.08. The third-order valence-corrected chi connectivity index (χ3v) is 0.0527. The Morgan fingerprint density at radius 2 is 1.83 bits per heavy atom. The van der Waals surface area contributed by atoms with Crippen LogP contribution >= 0.6 is 0 Å². The molecule has 0 aliphatic heterocycles.